The molecule has 8 fully saturated rings. The van der Waals surface area contributed by atoms with Gasteiger partial charge in [-0.25, -0.2) is 18.4 Å². The Hall–Kier alpha value is -3.19. The highest BCUT2D eigenvalue weighted by Crippen LogP contribution is 2.67. The first-order valence-corrected chi connectivity index (χ1v) is 21.1. The zero-order valence-electron chi connectivity index (χ0n) is 37.3. The standard InChI is InChI=1S/C23H32BFO5.C22H30BFO5/c1-21(2,3)28-20(26)16-11-15(25)8-13(19(16)27-7)12-24-29-18-10-14-9-17(22(14,4)5)23(18,6)30-24;1-20(2,3)27-19(25)14-10-13(24)11-15(18(14)26-7)23-28-17-9-12-8-16(21(12,4)5)22(17,6)29-23/h8,11,14,17-18H,9-10,12H2,1-7H3;10-12,16-17H,8-9H2,1-7H3/t14?,17?,18?,23-;12?,16?,17?,22-/m00/s1. The average Bonchev–Trinajstić information content (AvgIpc) is 3.65. The molecule has 6 unspecified atom stereocenters. The minimum atomic E-state index is -0.785. The van der Waals surface area contributed by atoms with E-state index < -0.39 is 54.6 Å². The zero-order chi connectivity index (χ0) is 43.4. The average molecular weight is 823 g/mol. The number of esters is 2. The quantitative estimate of drug-likeness (QED) is 0.200. The molecule has 8 atom stereocenters. The largest absolute Gasteiger partial charge is 0.498 e. The number of hydrogen-bond acceptors (Lipinski definition) is 10. The number of methoxy groups -OCH3 is 2. The van der Waals surface area contributed by atoms with Crippen molar-refractivity contribution in [3.8, 4) is 11.5 Å². The third-order valence-electron chi connectivity index (χ3n) is 14.5. The van der Waals surface area contributed by atoms with E-state index in [0.717, 1.165) is 31.4 Å². The van der Waals surface area contributed by atoms with Gasteiger partial charge in [-0.1, -0.05) is 27.7 Å². The molecule has 2 heterocycles. The highest BCUT2D eigenvalue weighted by molar-refractivity contribution is 6.63. The van der Waals surface area contributed by atoms with Crippen LogP contribution in [0.1, 0.15) is 135 Å². The topological polar surface area (TPSA) is 108 Å². The number of carbonyl (C=O) groups is 2. The van der Waals surface area contributed by atoms with Crippen LogP contribution in [0.3, 0.4) is 0 Å². The molecule has 10 nitrogen and oxygen atoms in total. The van der Waals surface area contributed by atoms with Gasteiger partial charge in [-0.2, -0.15) is 0 Å². The maximum atomic E-state index is 14.5. The third-order valence-corrected chi connectivity index (χ3v) is 14.5. The van der Waals surface area contributed by atoms with E-state index in [1.54, 1.807) is 41.5 Å². The van der Waals surface area contributed by atoms with E-state index in [0.29, 0.717) is 46.8 Å². The van der Waals surface area contributed by atoms with E-state index in [-0.39, 0.29) is 45.5 Å². The van der Waals surface area contributed by atoms with Gasteiger partial charge in [0.2, 0.25) is 0 Å². The lowest BCUT2D eigenvalue weighted by Gasteiger charge is -2.64. The maximum Gasteiger partial charge on any atom is 0.498 e. The molecule has 8 aliphatic rings. The molecule has 0 aromatic heterocycles. The van der Waals surface area contributed by atoms with Gasteiger partial charge in [0.1, 0.15) is 45.5 Å². The normalized spacial score (nSPS) is 32.1. The predicted octanol–water partition coefficient (Wildman–Crippen LogP) is 8.32. The van der Waals surface area contributed by atoms with E-state index in [1.165, 1.54) is 32.8 Å². The van der Waals surface area contributed by atoms with Crippen molar-refractivity contribution in [3.05, 3.63) is 52.6 Å². The molecule has 2 saturated heterocycles. The molecule has 2 aromatic carbocycles. The monoisotopic (exact) mass is 822 g/mol. The summed E-state index contributed by atoms with van der Waals surface area (Å²) in [4.78, 5) is 25.3. The van der Waals surface area contributed by atoms with E-state index in [2.05, 4.69) is 41.5 Å². The second-order valence-corrected chi connectivity index (χ2v) is 21.1. The van der Waals surface area contributed by atoms with Gasteiger partial charge in [0.25, 0.3) is 0 Å². The summed E-state index contributed by atoms with van der Waals surface area (Å²) in [5.74, 6) is 0.318. The molecule has 59 heavy (non-hydrogen) atoms. The summed E-state index contributed by atoms with van der Waals surface area (Å²) < 4.78 is 76.2. The Morgan fingerprint density at radius 1 is 0.678 bits per heavy atom. The van der Waals surface area contributed by atoms with Crippen LogP contribution in [0.15, 0.2) is 24.3 Å². The smallest absolute Gasteiger partial charge is 0.496 e. The zero-order valence-corrected chi connectivity index (χ0v) is 37.3. The molecule has 14 heteroatoms. The van der Waals surface area contributed by atoms with Gasteiger partial charge >= 0.3 is 26.2 Å². The Labute approximate surface area is 349 Å². The molecule has 2 aromatic rings. The minimum Gasteiger partial charge on any atom is -0.496 e. The Morgan fingerprint density at radius 3 is 1.61 bits per heavy atom. The van der Waals surface area contributed by atoms with Crippen molar-refractivity contribution in [1.82, 2.24) is 0 Å². The Balaban J connectivity index is 0.000000179. The van der Waals surface area contributed by atoms with Crippen molar-refractivity contribution < 1.29 is 55.9 Å². The van der Waals surface area contributed by atoms with Crippen molar-refractivity contribution in [2.24, 2.45) is 34.5 Å². The number of benzene rings is 2. The number of rotatable bonds is 7. The number of carbonyl (C=O) groups excluding carboxylic acids is 2. The van der Waals surface area contributed by atoms with Gasteiger partial charge < -0.3 is 37.6 Å². The lowest BCUT2D eigenvalue weighted by molar-refractivity contribution is -0.199. The first kappa shape index (κ1) is 43.9. The van der Waals surface area contributed by atoms with Crippen LogP contribution in [0.4, 0.5) is 8.78 Å². The number of hydrogen-bond donors (Lipinski definition) is 0. The van der Waals surface area contributed by atoms with Crippen LogP contribution >= 0.6 is 0 Å². The fourth-order valence-electron chi connectivity index (χ4n) is 11.2. The first-order chi connectivity index (χ1) is 27.2. The van der Waals surface area contributed by atoms with E-state index in [4.69, 9.17) is 37.6 Å². The van der Waals surface area contributed by atoms with Crippen LogP contribution in [-0.4, -0.2) is 75.0 Å². The highest BCUT2D eigenvalue weighted by Gasteiger charge is 2.69. The maximum absolute atomic E-state index is 14.5. The van der Waals surface area contributed by atoms with Gasteiger partial charge in [0.05, 0.1) is 37.6 Å². The van der Waals surface area contributed by atoms with Crippen LogP contribution in [0.25, 0.3) is 0 Å². The lowest BCUT2D eigenvalue weighted by atomic mass is 9.43. The molecule has 4 bridgehead atoms. The molecule has 0 N–H and O–H groups in total. The van der Waals surface area contributed by atoms with Crippen LogP contribution in [0.2, 0.25) is 0 Å². The van der Waals surface area contributed by atoms with Crippen molar-refractivity contribution in [3.63, 3.8) is 0 Å². The predicted molar refractivity (Wildman–Crippen MR) is 220 cm³/mol. The second kappa shape index (κ2) is 14.7. The first-order valence-electron chi connectivity index (χ1n) is 21.1. The van der Waals surface area contributed by atoms with Gasteiger partial charge in [-0.15, -0.1) is 0 Å². The molecular weight excluding hydrogens is 760 g/mol. The van der Waals surface area contributed by atoms with Crippen LogP contribution in [0, 0.1) is 46.1 Å². The molecule has 0 radical (unpaired) electrons. The van der Waals surface area contributed by atoms with E-state index in [1.807, 2.05) is 0 Å². The minimum absolute atomic E-state index is 0.0364. The molecule has 322 valence electrons. The fourth-order valence-corrected chi connectivity index (χ4v) is 11.2. The summed E-state index contributed by atoms with van der Waals surface area (Å²) in [6.45, 7) is 24.0. The fraction of sp³-hybridized carbons (Fsp3) is 0.689. The molecule has 10 rings (SSSR count). The SMILES string of the molecule is COc1c(B2OC3CC4CC(C4(C)C)[C@]3(C)O2)cc(F)cc1C(=O)OC(C)(C)C.COc1c(CB2OC3CC4CC(C4(C)C)[C@]3(C)O2)cc(F)cc1C(=O)OC(C)(C)C. The molecule has 6 saturated carbocycles. The molecule has 6 aliphatic carbocycles. The Bertz CT molecular complexity index is 1990. The van der Waals surface area contributed by atoms with E-state index >= 15 is 0 Å². The summed E-state index contributed by atoms with van der Waals surface area (Å²) in [6, 6.07) is 5.01. The third kappa shape index (κ3) is 7.71. The Kier molecular flexibility index (Phi) is 11.0. The molecule has 2 aliphatic heterocycles. The lowest BCUT2D eigenvalue weighted by Crippen LogP contribution is -2.65. The molecule has 0 spiro atoms. The second-order valence-electron chi connectivity index (χ2n) is 21.1. The molecular formula is C45H62B2F2O10. The number of ether oxygens (including phenoxy) is 4. The van der Waals surface area contributed by atoms with Gasteiger partial charge in [-0.05, 0) is 145 Å². The summed E-state index contributed by atoms with van der Waals surface area (Å²) in [5, 5.41) is 0. The summed E-state index contributed by atoms with van der Waals surface area (Å²) in [5.41, 5.74) is -0.670. The van der Waals surface area contributed by atoms with Gasteiger partial charge in [0.15, 0.2) is 0 Å². The summed E-state index contributed by atoms with van der Waals surface area (Å²) >= 11 is 0. The van der Waals surface area contributed by atoms with Crippen molar-refractivity contribution in [2.45, 2.75) is 150 Å². The molecule has 0 amide bonds. The van der Waals surface area contributed by atoms with Crippen molar-refractivity contribution in [2.75, 3.05) is 14.2 Å². The van der Waals surface area contributed by atoms with Crippen LogP contribution in [0.5, 0.6) is 11.5 Å². The van der Waals surface area contributed by atoms with Crippen LogP contribution in [-0.2, 0) is 34.4 Å². The summed E-state index contributed by atoms with van der Waals surface area (Å²) in [7, 11) is 1.64. The Morgan fingerprint density at radius 2 is 1.14 bits per heavy atom. The summed E-state index contributed by atoms with van der Waals surface area (Å²) in [6.07, 6.45) is 4.50. The van der Waals surface area contributed by atoms with E-state index in [9.17, 15) is 18.4 Å². The van der Waals surface area contributed by atoms with Crippen molar-refractivity contribution in [1.29, 1.82) is 0 Å². The highest BCUT2D eigenvalue weighted by atomic mass is 19.1. The van der Waals surface area contributed by atoms with Gasteiger partial charge in [0, 0.05) is 11.8 Å². The van der Waals surface area contributed by atoms with Crippen LogP contribution < -0.4 is 14.9 Å². The van der Waals surface area contributed by atoms with Gasteiger partial charge in [-0.3, -0.25) is 0 Å². The number of halogens is 2. The van der Waals surface area contributed by atoms with Crippen molar-refractivity contribution >= 4 is 31.6 Å².